The highest BCUT2D eigenvalue weighted by molar-refractivity contribution is 5.53. The van der Waals surface area contributed by atoms with Crippen molar-refractivity contribution >= 4 is 0 Å². The molecule has 3 heterocycles. The summed E-state index contributed by atoms with van der Waals surface area (Å²) in [7, 11) is 0. The number of hydrogen-bond acceptors (Lipinski definition) is 5. The maximum absolute atomic E-state index is 4.66. The average Bonchev–Trinajstić information content (AvgIpc) is 2.49. The van der Waals surface area contributed by atoms with Crippen molar-refractivity contribution in [2.75, 3.05) is 26.2 Å². The molecule has 0 unspecified atom stereocenters. The molecular formula is C15H19N5. The molecule has 1 aliphatic heterocycles. The van der Waals surface area contributed by atoms with Crippen molar-refractivity contribution in [1.82, 2.24) is 25.2 Å². The zero-order valence-corrected chi connectivity index (χ0v) is 11.7. The van der Waals surface area contributed by atoms with Gasteiger partial charge in [-0.15, -0.1) is 0 Å². The normalized spacial score (nSPS) is 16.2. The molecule has 0 radical (unpaired) electrons. The van der Waals surface area contributed by atoms with Gasteiger partial charge in [0.15, 0.2) is 0 Å². The average molecular weight is 269 g/mol. The molecule has 1 aliphatic rings. The van der Waals surface area contributed by atoms with E-state index in [9.17, 15) is 0 Å². The van der Waals surface area contributed by atoms with Crippen LogP contribution in [0.1, 0.15) is 11.5 Å². The fourth-order valence-corrected chi connectivity index (χ4v) is 2.42. The van der Waals surface area contributed by atoms with Crippen molar-refractivity contribution in [1.29, 1.82) is 0 Å². The van der Waals surface area contributed by atoms with E-state index in [1.165, 1.54) is 0 Å². The Morgan fingerprint density at radius 3 is 2.75 bits per heavy atom. The molecule has 5 heteroatoms. The van der Waals surface area contributed by atoms with Gasteiger partial charge in [-0.25, -0.2) is 9.97 Å². The van der Waals surface area contributed by atoms with Crippen LogP contribution in [0.4, 0.5) is 0 Å². The van der Waals surface area contributed by atoms with E-state index in [0.29, 0.717) is 0 Å². The van der Waals surface area contributed by atoms with Gasteiger partial charge in [-0.2, -0.15) is 0 Å². The largest absolute Gasteiger partial charge is 0.314 e. The molecule has 0 saturated carbocycles. The maximum Gasteiger partial charge on any atom is 0.143 e. The summed E-state index contributed by atoms with van der Waals surface area (Å²) in [6.45, 7) is 7.00. The minimum absolute atomic E-state index is 0.809. The van der Waals surface area contributed by atoms with Crippen LogP contribution < -0.4 is 5.32 Å². The van der Waals surface area contributed by atoms with Gasteiger partial charge in [0.2, 0.25) is 0 Å². The van der Waals surface area contributed by atoms with Crippen molar-refractivity contribution in [3.8, 4) is 11.4 Å². The third-order valence-electron chi connectivity index (χ3n) is 3.40. The predicted octanol–water partition coefficient (Wildman–Crippen LogP) is 1.25. The molecule has 2 aromatic rings. The molecule has 2 aromatic heterocycles. The van der Waals surface area contributed by atoms with Crippen LogP contribution >= 0.6 is 0 Å². The summed E-state index contributed by atoms with van der Waals surface area (Å²) in [6.07, 6.45) is 1.79. The second kappa shape index (κ2) is 6.07. The molecule has 0 atom stereocenters. The smallest absolute Gasteiger partial charge is 0.143 e. The molecule has 20 heavy (non-hydrogen) atoms. The second-order valence-electron chi connectivity index (χ2n) is 5.05. The minimum atomic E-state index is 0.809. The van der Waals surface area contributed by atoms with Gasteiger partial charge in [-0.3, -0.25) is 9.88 Å². The van der Waals surface area contributed by atoms with Gasteiger partial charge in [0.25, 0.3) is 0 Å². The zero-order valence-electron chi connectivity index (χ0n) is 11.7. The Labute approximate surface area is 119 Å². The molecule has 0 amide bonds. The maximum atomic E-state index is 4.66. The Hall–Kier alpha value is -1.85. The lowest BCUT2D eigenvalue weighted by atomic mass is 10.2. The third-order valence-corrected chi connectivity index (χ3v) is 3.40. The number of pyridine rings is 1. The summed E-state index contributed by atoms with van der Waals surface area (Å²) < 4.78 is 0. The monoisotopic (exact) mass is 269 g/mol. The predicted molar refractivity (Wildman–Crippen MR) is 78.1 cm³/mol. The first-order valence-electron chi connectivity index (χ1n) is 7.00. The number of nitrogens with one attached hydrogen (secondary N) is 1. The van der Waals surface area contributed by atoms with E-state index in [4.69, 9.17) is 0 Å². The highest BCUT2D eigenvalue weighted by Crippen LogP contribution is 2.15. The Balaban J connectivity index is 1.83. The first-order chi connectivity index (χ1) is 9.81. The third kappa shape index (κ3) is 3.18. The van der Waals surface area contributed by atoms with Gasteiger partial charge >= 0.3 is 0 Å². The van der Waals surface area contributed by atoms with Crippen LogP contribution in [0.5, 0.6) is 0 Å². The van der Waals surface area contributed by atoms with Gasteiger partial charge in [-0.1, -0.05) is 6.07 Å². The number of nitrogens with zero attached hydrogens (tertiary/aromatic N) is 4. The molecule has 1 fully saturated rings. The van der Waals surface area contributed by atoms with Crippen LogP contribution in [-0.4, -0.2) is 46.0 Å². The molecule has 1 saturated heterocycles. The van der Waals surface area contributed by atoms with Gasteiger partial charge in [-0.05, 0) is 25.1 Å². The van der Waals surface area contributed by atoms with E-state index in [-0.39, 0.29) is 0 Å². The molecule has 1 N–H and O–H groups in total. The molecule has 0 spiro atoms. The molecule has 5 nitrogen and oxygen atoms in total. The zero-order chi connectivity index (χ0) is 13.8. The molecule has 0 aromatic carbocycles. The fourth-order valence-electron chi connectivity index (χ4n) is 2.42. The van der Waals surface area contributed by atoms with Gasteiger partial charge < -0.3 is 5.32 Å². The highest BCUT2D eigenvalue weighted by atomic mass is 15.2. The molecule has 3 rings (SSSR count). The lowest BCUT2D eigenvalue weighted by Crippen LogP contribution is -2.43. The van der Waals surface area contributed by atoms with Crippen molar-refractivity contribution < 1.29 is 0 Å². The van der Waals surface area contributed by atoms with Crippen LogP contribution in [0, 0.1) is 6.92 Å². The summed E-state index contributed by atoms with van der Waals surface area (Å²) in [5.74, 6) is 0.882. The van der Waals surface area contributed by atoms with Crippen LogP contribution in [0.3, 0.4) is 0 Å². The van der Waals surface area contributed by atoms with Gasteiger partial charge in [0.1, 0.15) is 5.82 Å². The van der Waals surface area contributed by atoms with E-state index in [1.54, 1.807) is 6.20 Å². The van der Waals surface area contributed by atoms with Crippen molar-refractivity contribution in [2.24, 2.45) is 0 Å². The summed E-state index contributed by atoms with van der Waals surface area (Å²) in [5.41, 5.74) is 2.80. The molecular weight excluding hydrogens is 250 g/mol. The van der Waals surface area contributed by atoms with Gasteiger partial charge in [0, 0.05) is 38.1 Å². The fraction of sp³-hybridized carbons (Fsp3) is 0.400. The van der Waals surface area contributed by atoms with Crippen LogP contribution in [-0.2, 0) is 6.54 Å². The number of aryl methyl sites for hydroxylation is 1. The van der Waals surface area contributed by atoms with E-state index < -0.39 is 0 Å². The van der Waals surface area contributed by atoms with Crippen molar-refractivity contribution in [2.45, 2.75) is 13.5 Å². The standard InChI is InChI=1S/C15H19N5/c1-12-10-14(13-4-2-3-5-17-13)19-15(18-12)11-20-8-6-16-7-9-20/h2-5,10,16H,6-9,11H2,1H3. The van der Waals surface area contributed by atoms with E-state index >= 15 is 0 Å². The molecule has 0 aliphatic carbocycles. The summed E-state index contributed by atoms with van der Waals surface area (Å²) in [6, 6.07) is 7.87. The second-order valence-corrected chi connectivity index (χ2v) is 5.05. The number of aromatic nitrogens is 3. The quantitative estimate of drug-likeness (QED) is 0.909. The van der Waals surface area contributed by atoms with Crippen LogP contribution in [0.2, 0.25) is 0 Å². The SMILES string of the molecule is Cc1cc(-c2ccccn2)nc(CN2CCNCC2)n1. The highest BCUT2D eigenvalue weighted by Gasteiger charge is 2.13. The topological polar surface area (TPSA) is 53.9 Å². The number of rotatable bonds is 3. The Bertz CT molecular complexity index is 564. The summed E-state index contributed by atoms with van der Waals surface area (Å²) in [5, 5.41) is 3.36. The molecule has 0 bridgehead atoms. The summed E-state index contributed by atoms with van der Waals surface area (Å²) in [4.78, 5) is 16.0. The Morgan fingerprint density at radius 2 is 2.00 bits per heavy atom. The lowest BCUT2D eigenvalue weighted by molar-refractivity contribution is 0.228. The lowest BCUT2D eigenvalue weighted by Gasteiger charge is -2.26. The van der Waals surface area contributed by atoms with Crippen LogP contribution in [0.15, 0.2) is 30.5 Å². The Kier molecular flexibility index (Phi) is 3.99. The van der Waals surface area contributed by atoms with Crippen LogP contribution in [0.25, 0.3) is 11.4 Å². The van der Waals surface area contributed by atoms with Crippen molar-refractivity contribution in [3.63, 3.8) is 0 Å². The van der Waals surface area contributed by atoms with E-state index in [2.05, 4.69) is 25.2 Å². The number of hydrogen-bond donors (Lipinski definition) is 1. The first-order valence-corrected chi connectivity index (χ1v) is 7.00. The first kappa shape index (κ1) is 13.1. The van der Waals surface area contributed by atoms with Gasteiger partial charge in [0.05, 0.1) is 17.9 Å². The molecule has 104 valence electrons. The minimum Gasteiger partial charge on any atom is -0.314 e. The summed E-state index contributed by atoms with van der Waals surface area (Å²) >= 11 is 0. The number of piperazine rings is 1. The Morgan fingerprint density at radius 1 is 1.15 bits per heavy atom. The van der Waals surface area contributed by atoms with E-state index in [0.717, 1.165) is 55.6 Å². The van der Waals surface area contributed by atoms with E-state index in [1.807, 2.05) is 31.2 Å². The van der Waals surface area contributed by atoms with Crippen molar-refractivity contribution in [3.05, 3.63) is 42.0 Å².